The van der Waals surface area contributed by atoms with Gasteiger partial charge in [0.25, 0.3) is 10.0 Å². The van der Waals surface area contributed by atoms with E-state index < -0.39 is 16.1 Å². The molecule has 1 aromatic heterocycles. The molecule has 1 aromatic carbocycles. The number of hydrogen-bond acceptors (Lipinski definition) is 3. The van der Waals surface area contributed by atoms with Gasteiger partial charge in [0.15, 0.2) is 0 Å². The van der Waals surface area contributed by atoms with Gasteiger partial charge < -0.3 is 11.4 Å². The first-order valence-corrected chi connectivity index (χ1v) is 9.89. The zero-order valence-electron chi connectivity index (χ0n) is 16.3. The van der Waals surface area contributed by atoms with Gasteiger partial charge in [0.05, 0.1) is 11.4 Å². The molecule has 0 radical (unpaired) electrons. The summed E-state index contributed by atoms with van der Waals surface area (Å²) in [6.45, 7) is 6.30. The van der Waals surface area contributed by atoms with Crippen LogP contribution in [0.3, 0.4) is 0 Å². The van der Waals surface area contributed by atoms with E-state index in [1.54, 1.807) is 24.3 Å². The Balaban J connectivity index is 0.00000338. The van der Waals surface area contributed by atoms with Gasteiger partial charge in [0, 0.05) is 12.7 Å². The van der Waals surface area contributed by atoms with Gasteiger partial charge in [-0.3, -0.25) is 0 Å². The number of benzene rings is 1. The monoisotopic (exact) mass is 452 g/mol. The molecule has 0 saturated heterocycles. The zero-order chi connectivity index (χ0) is 18.8. The third kappa shape index (κ3) is 5.85. The molecule has 0 atom stereocenters. The Morgan fingerprint density at radius 1 is 1.27 bits per heavy atom. The fourth-order valence-corrected chi connectivity index (χ4v) is 4.68. The Morgan fingerprint density at radius 2 is 1.85 bits per heavy atom. The number of rotatable bonds is 5. The molecule has 0 fully saturated rings. The number of halogens is 1. The van der Waals surface area contributed by atoms with Crippen LogP contribution in [0.1, 0.15) is 27.8 Å². The predicted molar refractivity (Wildman–Crippen MR) is 100 cm³/mol. The summed E-state index contributed by atoms with van der Waals surface area (Å²) in [6.07, 6.45) is 0.412. The summed E-state index contributed by atoms with van der Waals surface area (Å²) < 4.78 is 26.9. The Hall–Kier alpha value is -0.800. The van der Waals surface area contributed by atoms with Crippen molar-refractivity contribution >= 4 is 32.0 Å². The van der Waals surface area contributed by atoms with Crippen LogP contribution < -0.4 is 29.6 Å². The second kappa shape index (κ2) is 8.93. The number of nitrogens with zero attached hydrogens (tertiary/aromatic N) is 2. The fourth-order valence-electron chi connectivity index (χ4n) is 2.43. The van der Waals surface area contributed by atoms with Crippen LogP contribution in [-0.2, 0) is 16.6 Å². The zero-order valence-corrected chi connectivity index (χ0v) is 19.7. The molecule has 9 heteroatoms. The molecule has 1 N–H and O–H groups in total. The Kier molecular flexibility index (Phi) is 7.98. The Labute approximate surface area is 186 Å². The summed E-state index contributed by atoms with van der Waals surface area (Å²) in [5.74, 6) is 0. The van der Waals surface area contributed by atoms with E-state index in [9.17, 15) is 18.3 Å². The van der Waals surface area contributed by atoms with Crippen molar-refractivity contribution in [2.75, 3.05) is 6.54 Å². The molecule has 0 aliphatic heterocycles. The molecule has 6 nitrogen and oxygen atoms in total. The summed E-state index contributed by atoms with van der Waals surface area (Å²) >= 11 is 3.26. The predicted octanol–water partition coefficient (Wildman–Crippen LogP) is 1.13. The van der Waals surface area contributed by atoms with Crippen LogP contribution in [0.15, 0.2) is 52.1 Å². The number of aromatic nitrogens is 1. The van der Waals surface area contributed by atoms with Crippen LogP contribution in [0.4, 0.5) is 4.79 Å². The molecule has 2 aromatic rings. The van der Waals surface area contributed by atoms with Gasteiger partial charge in [-0.15, -0.1) is 0 Å². The molecule has 0 saturated carbocycles. The SMILES string of the molecule is CC(C)(C)CN(Cc1cc(Br)n(S(=O)(=O)c2ccccc2)c1)C(=O)O.[H-].[Na+]. The molecule has 0 unspecified atom stereocenters. The number of amides is 1. The van der Waals surface area contributed by atoms with E-state index in [-0.39, 0.29) is 47.8 Å². The van der Waals surface area contributed by atoms with Crippen molar-refractivity contribution < 1.29 is 49.3 Å². The second-order valence-corrected chi connectivity index (χ2v) is 9.61. The van der Waals surface area contributed by atoms with E-state index in [1.807, 2.05) is 20.8 Å². The molecule has 26 heavy (non-hydrogen) atoms. The van der Waals surface area contributed by atoms with Crippen molar-refractivity contribution in [3.05, 3.63) is 52.8 Å². The van der Waals surface area contributed by atoms with Crippen molar-refractivity contribution in [3.63, 3.8) is 0 Å². The van der Waals surface area contributed by atoms with Gasteiger partial charge in [0.1, 0.15) is 4.60 Å². The van der Waals surface area contributed by atoms with E-state index >= 15 is 0 Å². The minimum Gasteiger partial charge on any atom is -1.00 e. The second-order valence-electron chi connectivity index (χ2n) is 6.98. The molecule has 0 spiro atoms. The van der Waals surface area contributed by atoms with Crippen molar-refractivity contribution in [3.8, 4) is 0 Å². The van der Waals surface area contributed by atoms with Crippen LogP contribution >= 0.6 is 15.9 Å². The van der Waals surface area contributed by atoms with Gasteiger partial charge in [0.2, 0.25) is 0 Å². The minimum absolute atomic E-state index is 0. The Bertz CT molecular complexity index is 867. The number of carboxylic acid groups (broad SMARTS) is 1. The smallest absolute Gasteiger partial charge is 1.00 e. The van der Waals surface area contributed by atoms with Crippen molar-refractivity contribution in [2.24, 2.45) is 5.41 Å². The summed E-state index contributed by atoms with van der Waals surface area (Å²) in [6, 6.07) is 9.71. The van der Waals surface area contributed by atoms with Crippen LogP contribution in [0.2, 0.25) is 0 Å². The van der Waals surface area contributed by atoms with Crippen molar-refractivity contribution in [1.82, 2.24) is 8.87 Å². The van der Waals surface area contributed by atoms with Gasteiger partial charge in [-0.1, -0.05) is 39.0 Å². The van der Waals surface area contributed by atoms with Crippen molar-refractivity contribution in [2.45, 2.75) is 32.2 Å². The van der Waals surface area contributed by atoms with Crippen LogP contribution in [0.5, 0.6) is 0 Å². The summed E-state index contributed by atoms with van der Waals surface area (Å²) in [5.41, 5.74) is 0.395. The van der Waals surface area contributed by atoms with Crippen LogP contribution in [0.25, 0.3) is 0 Å². The van der Waals surface area contributed by atoms with Crippen LogP contribution in [-0.4, -0.2) is 35.0 Å². The standard InChI is InChI=1S/C17H21BrN2O4S.Na.H/c1-17(2,3)12-19(16(21)22)10-13-9-15(18)20(11-13)25(23,24)14-7-5-4-6-8-14;;/h4-9,11H,10,12H2,1-3H3,(H,21,22);;/q;+1;-1. The summed E-state index contributed by atoms with van der Waals surface area (Å²) in [7, 11) is -3.74. The summed E-state index contributed by atoms with van der Waals surface area (Å²) in [4.78, 5) is 12.9. The topological polar surface area (TPSA) is 79.6 Å². The Morgan fingerprint density at radius 3 is 2.35 bits per heavy atom. The van der Waals surface area contributed by atoms with E-state index in [0.29, 0.717) is 16.7 Å². The maximum absolute atomic E-state index is 12.7. The van der Waals surface area contributed by atoms with E-state index in [2.05, 4.69) is 15.9 Å². The normalized spacial score (nSPS) is 11.7. The molecule has 1 amide bonds. The first-order chi connectivity index (χ1) is 11.5. The van der Waals surface area contributed by atoms with Gasteiger partial charge in [-0.2, -0.15) is 0 Å². The third-order valence-electron chi connectivity index (χ3n) is 3.41. The van der Waals surface area contributed by atoms with E-state index in [0.717, 1.165) is 3.97 Å². The van der Waals surface area contributed by atoms with Crippen molar-refractivity contribution in [1.29, 1.82) is 0 Å². The maximum Gasteiger partial charge on any atom is 1.00 e. The number of hydrogen-bond donors (Lipinski definition) is 1. The average Bonchev–Trinajstić information content (AvgIpc) is 2.87. The van der Waals surface area contributed by atoms with E-state index in [1.165, 1.54) is 23.2 Å². The summed E-state index contributed by atoms with van der Waals surface area (Å²) in [5, 5.41) is 9.40. The minimum atomic E-state index is -3.74. The van der Waals surface area contributed by atoms with Crippen LogP contribution in [0, 0.1) is 5.41 Å². The average molecular weight is 453 g/mol. The molecule has 0 aliphatic rings. The first-order valence-electron chi connectivity index (χ1n) is 7.66. The molecule has 138 valence electrons. The maximum atomic E-state index is 12.7. The molecule has 1 heterocycles. The molecular weight excluding hydrogens is 431 g/mol. The molecule has 0 bridgehead atoms. The quantitative estimate of drug-likeness (QED) is 0.689. The van der Waals surface area contributed by atoms with Gasteiger partial charge in [-0.05, 0) is 45.1 Å². The van der Waals surface area contributed by atoms with Gasteiger partial charge >= 0.3 is 35.7 Å². The largest absolute Gasteiger partial charge is 1.00 e. The van der Waals surface area contributed by atoms with Gasteiger partial charge in [-0.25, -0.2) is 17.2 Å². The molecular formula is C17H22BrN2NaO4S. The molecule has 2 rings (SSSR count). The first kappa shape index (κ1) is 23.2. The van der Waals surface area contributed by atoms with E-state index in [4.69, 9.17) is 0 Å². The molecule has 0 aliphatic carbocycles. The third-order valence-corrected chi connectivity index (χ3v) is 5.94. The fraction of sp³-hybridized carbons (Fsp3) is 0.353. The number of carbonyl (C=O) groups is 1.